The zero-order chi connectivity index (χ0) is 20.1. The first-order chi connectivity index (χ1) is 13.5. The van der Waals surface area contributed by atoms with Gasteiger partial charge in [-0.05, 0) is 24.6 Å². The summed E-state index contributed by atoms with van der Waals surface area (Å²) < 4.78 is 5.57. The Hall–Kier alpha value is -2.85. The third-order valence-corrected chi connectivity index (χ3v) is 5.03. The minimum absolute atomic E-state index is 0.126. The lowest BCUT2D eigenvalue weighted by Gasteiger charge is -2.35. The topological polar surface area (TPSA) is 76.6 Å². The van der Waals surface area contributed by atoms with Crippen molar-refractivity contribution in [2.75, 3.05) is 44.7 Å². The van der Waals surface area contributed by atoms with Gasteiger partial charge in [0.2, 0.25) is 17.5 Å². The van der Waals surface area contributed by atoms with E-state index in [1.165, 1.54) is 11.1 Å². The molecule has 0 atom stereocenters. The van der Waals surface area contributed by atoms with Gasteiger partial charge < -0.3 is 14.2 Å². The van der Waals surface area contributed by atoms with Gasteiger partial charge in [0.25, 0.3) is 0 Å². The fourth-order valence-corrected chi connectivity index (χ4v) is 3.44. The van der Waals surface area contributed by atoms with Crippen LogP contribution in [-0.2, 0) is 17.8 Å². The van der Waals surface area contributed by atoms with E-state index in [1.54, 1.807) is 6.92 Å². The van der Waals surface area contributed by atoms with Crippen LogP contribution in [0.1, 0.15) is 29.6 Å². The number of hydrogen-bond donors (Lipinski definition) is 0. The van der Waals surface area contributed by atoms with E-state index in [0.717, 1.165) is 13.0 Å². The molecule has 1 aromatic carbocycles. The van der Waals surface area contributed by atoms with Gasteiger partial charge in [-0.25, -0.2) is 4.98 Å². The molecule has 1 aliphatic rings. The molecule has 0 radical (unpaired) electrons. The number of nitriles is 1. The fourth-order valence-electron chi connectivity index (χ4n) is 3.44. The third kappa shape index (κ3) is 4.70. The Morgan fingerprint density at radius 1 is 1.21 bits per heavy atom. The van der Waals surface area contributed by atoms with Gasteiger partial charge in [0.1, 0.15) is 6.07 Å². The quantitative estimate of drug-likeness (QED) is 0.763. The van der Waals surface area contributed by atoms with Crippen molar-refractivity contribution < 1.29 is 9.21 Å². The van der Waals surface area contributed by atoms with E-state index in [9.17, 15) is 10.1 Å². The summed E-state index contributed by atoms with van der Waals surface area (Å²) in [6, 6.07) is 10.6. The number of carbonyl (C=O) groups excluding carboxylic acids is 1. The molecule has 7 heteroatoms. The predicted molar refractivity (Wildman–Crippen MR) is 107 cm³/mol. The molecule has 1 aliphatic heterocycles. The largest absolute Gasteiger partial charge is 0.424 e. The summed E-state index contributed by atoms with van der Waals surface area (Å²) in [5, 5.41) is 9.18. The number of rotatable bonds is 6. The lowest BCUT2D eigenvalue weighted by atomic mass is 10.1. The molecular formula is C21H27N5O2. The van der Waals surface area contributed by atoms with Gasteiger partial charge in [-0.1, -0.05) is 31.2 Å². The van der Waals surface area contributed by atoms with Crippen molar-refractivity contribution in [3.63, 3.8) is 0 Å². The first-order valence-electron chi connectivity index (χ1n) is 9.66. The number of amides is 1. The van der Waals surface area contributed by atoms with E-state index in [0.29, 0.717) is 50.2 Å². The Kier molecular flexibility index (Phi) is 6.32. The number of carbonyl (C=O) groups is 1. The van der Waals surface area contributed by atoms with Crippen molar-refractivity contribution in [1.29, 1.82) is 5.26 Å². The first kappa shape index (κ1) is 19.9. The van der Waals surface area contributed by atoms with Crippen LogP contribution in [0.3, 0.4) is 0 Å². The number of piperazine rings is 1. The van der Waals surface area contributed by atoms with Gasteiger partial charge >= 0.3 is 0 Å². The number of nitrogens with zero attached hydrogens (tertiary/aromatic N) is 5. The smallest absolute Gasteiger partial charge is 0.236 e. The van der Waals surface area contributed by atoms with Crippen LogP contribution in [0.15, 0.2) is 28.7 Å². The van der Waals surface area contributed by atoms with Crippen LogP contribution in [0.25, 0.3) is 0 Å². The Morgan fingerprint density at radius 3 is 2.46 bits per heavy atom. The zero-order valence-corrected chi connectivity index (χ0v) is 16.8. The van der Waals surface area contributed by atoms with E-state index in [2.05, 4.69) is 42.2 Å². The molecule has 3 rings (SSSR count). The monoisotopic (exact) mass is 381 g/mol. The van der Waals surface area contributed by atoms with Crippen molar-refractivity contribution in [3.8, 4) is 6.07 Å². The van der Waals surface area contributed by atoms with E-state index in [-0.39, 0.29) is 5.91 Å². The van der Waals surface area contributed by atoms with Gasteiger partial charge in [-0.15, -0.1) is 0 Å². The highest BCUT2D eigenvalue weighted by atomic mass is 16.4. The summed E-state index contributed by atoms with van der Waals surface area (Å²) in [5.41, 5.74) is 2.84. The van der Waals surface area contributed by atoms with E-state index in [4.69, 9.17) is 4.42 Å². The van der Waals surface area contributed by atoms with Gasteiger partial charge in [0.15, 0.2) is 5.89 Å². The number of aryl methyl sites for hydroxylation is 2. The SMILES string of the molecule is CCc1ccc(CN(C)CC(=O)N2CCN(c3oc(C)nc3C#N)CC2)cc1. The van der Waals surface area contributed by atoms with Gasteiger partial charge in [-0.3, -0.25) is 9.69 Å². The van der Waals surface area contributed by atoms with Crippen LogP contribution in [-0.4, -0.2) is 60.5 Å². The second-order valence-corrected chi connectivity index (χ2v) is 7.21. The molecule has 0 bridgehead atoms. The Morgan fingerprint density at radius 2 is 1.86 bits per heavy atom. The number of hydrogen-bond acceptors (Lipinski definition) is 6. The fraction of sp³-hybridized carbons (Fsp3) is 0.476. The van der Waals surface area contributed by atoms with E-state index < -0.39 is 0 Å². The van der Waals surface area contributed by atoms with Crippen molar-refractivity contribution in [2.45, 2.75) is 26.8 Å². The summed E-state index contributed by atoms with van der Waals surface area (Å²) >= 11 is 0. The minimum atomic E-state index is 0.126. The van der Waals surface area contributed by atoms with Crippen LogP contribution in [0.4, 0.5) is 5.88 Å². The van der Waals surface area contributed by atoms with Crippen molar-refractivity contribution in [3.05, 3.63) is 47.0 Å². The molecule has 1 aromatic heterocycles. The van der Waals surface area contributed by atoms with Gasteiger partial charge in [0, 0.05) is 39.6 Å². The summed E-state index contributed by atoms with van der Waals surface area (Å²) in [7, 11) is 1.97. The van der Waals surface area contributed by atoms with Crippen molar-refractivity contribution in [1.82, 2.24) is 14.8 Å². The Labute approximate surface area is 166 Å². The minimum Gasteiger partial charge on any atom is -0.424 e. The maximum absolute atomic E-state index is 12.6. The maximum Gasteiger partial charge on any atom is 0.236 e. The van der Waals surface area contributed by atoms with Crippen molar-refractivity contribution in [2.24, 2.45) is 0 Å². The maximum atomic E-state index is 12.6. The molecule has 0 unspecified atom stereocenters. The molecule has 1 saturated heterocycles. The molecule has 1 fully saturated rings. The number of anilines is 1. The molecule has 0 N–H and O–H groups in total. The molecule has 1 amide bonds. The molecule has 2 heterocycles. The highest BCUT2D eigenvalue weighted by Crippen LogP contribution is 2.22. The van der Waals surface area contributed by atoms with Gasteiger partial charge in [-0.2, -0.15) is 5.26 Å². The molecular weight excluding hydrogens is 354 g/mol. The molecule has 28 heavy (non-hydrogen) atoms. The third-order valence-electron chi connectivity index (χ3n) is 5.03. The molecule has 7 nitrogen and oxygen atoms in total. The zero-order valence-electron chi connectivity index (χ0n) is 16.8. The number of aromatic nitrogens is 1. The van der Waals surface area contributed by atoms with Crippen LogP contribution in [0, 0.1) is 18.3 Å². The molecule has 0 spiro atoms. The molecule has 0 aliphatic carbocycles. The van der Waals surface area contributed by atoms with Crippen molar-refractivity contribution >= 4 is 11.8 Å². The van der Waals surface area contributed by atoms with Crippen LogP contribution in [0.2, 0.25) is 0 Å². The highest BCUT2D eigenvalue weighted by molar-refractivity contribution is 5.78. The van der Waals surface area contributed by atoms with Crippen LogP contribution in [0.5, 0.6) is 0 Å². The lowest BCUT2D eigenvalue weighted by Crippen LogP contribution is -2.51. The molecule has 2 aromatic rings. The molecule has 0 saturated carbocycles. The average molecular weight is 381 g/mol. The summed E-state index contributed by atoms with van der Waals surface area (Å²) in [6.07, 6.45) is 1.03. The highest BCUT2D eigenvalue weighted by Gasteiger charge is 2.26. The Bertz CT molecular complexity index is 845. The van der Waals surface area contributed by atoms with E-state index in [1.807, 2.05) is 21.7 Å². The summed E-state index contributed by atoms with van der Waals surface area (Å²) in [4.78, 5) is 22.6. The summed E-state index contributed by atoms with van der Waals surface area (Å²) in [5.74, 6) is 1.12. The normalized spacial score (nSPS) is 14.4. The summed E-state index contributed by atoms with van der Waals surface area (Å²) in [6.45, 7) is 7.51. The Balaban J connectivity index is 1.49. The molecule has 148 valence electrons. The number of likely N-dealkylation sites (N-methyl/N-ethyl adjacent to an activating group) is 1. The standard InChI is InChI=1S/C21H27N5O2/c1-4-17-5-7-18(8-6-17)14-24(3)15-20(27)25-9-11-26(12-10-25)21-19(13-22)23-16(2)28-21/h5-8H,4,9-12,14-15H2,1-3H3. The van der Waals surface area contributed by atoms with E-state index >= 15 is 0 Å². The lowest BCUT2D eigenvalue weighted by molar-refractivity contribution is -0.132. The first-order valence-corrected chi connectivity index (χ1v) is 9.66. The van der Waals surface area contributed by atoms with Gasteiger partial charge in [0.05, 0.1) is 6.54 Å². The average Bonchev–Trinajstić information content (AvgIpc) is 3.09. The number of benzene rings is 1. The van der Waals surface area contributed by atoms with Crippen LogP contribution >= 0.6 is 0 Å². The number of oxazole rings is 1. The predicted octanol–water partition coefficient (Wildman–Crippen LogP) is 2.20. The van der Waals surface area contributed by atoms with Crippen LogP contribution < -0.4 is 4.90 Å². The second kappa shape index (κ2) is 8.89. The second-order valence-electron chi connectivity index (χ2n) is 7.21.